The molecular formula is C19H26Cl2N2O4S. The lowest BCUT2D eigenvalue weighted by atomic mass is 9.73. The number of ether oxygens (including phenoxy) is 1. The number of hydrogen-bond donors (Lipinski definition) is 1. The number of rotatable bonds is 5. The Bertz CT molecular complexity index is 817. The van der Waals surface area contributed by atoms with Crippen LogP contribution in [0.2, 0.25) is 10.0 Å². The Balaban J connectivity index is 1.68. The third-order valence-corrected chi connectivity index (χ3v) is 7.67. The van der Waals surface area contributed by atoms with Gasteiger partial charge in [-0.1, -0.05) is 29.3 Å². The number of carbonyl (C=O) groups excluding carboxylic acids is 1. The molecule has 0 bridgehead atoms. The Morgan fingerprint density at radius 2 is 1.89 bits per heavy atom. The van der Waals surface area contributed by atoms with Gasteiger partial charge < -0.3 is 10.1 Å². The van der Waals surface area contributed by atoms with Crippen LogP contribution in [0.3, 0.4) is 0 Å². The predicted molar refractivity (Wildman–Crippen MR) is 110 cm³/mol. The van der Waals surface area contributed by atoms with E-state index in [1.807, 2.05) is 6.07 Å². The van der Waals surface area contributed by atoms with Gasteiger partial charge in [-0.25, -0.2) is 12.7 Å². The minimum Gasteiger partial charge on any atom is -0.381 e. The zero-order chi connectivity index (χ0) is 20.4. The van der Waals surface area contributed by atoms with E-state index in [1.165, 1.54) is 10.6 Å². The molecule has 3 rings (SSSR count). The Labute approximate surface area is 176 Å². The van der Waals surface area contributed by atoms with Crippen LogP contribution in [0.5, 0.6) is 0 Å². The first kappa shape index (κ1) is 21.8. The van der Waals surface area contributed by atoms with Crippen LogP contribution in [-0.2, 0) is 25.0 Å². The van der Waals surface area contributed by atoms with Crippen LogP contribution >= 0.6 is 23.2 Å². The molecule has 28 heavy (non-hydrogen) atoms. The summed E-state index contributed by atoms with van der Waals surface area (Å²) in [6.07, 6.45) is 3.84. The first-order valence-corrected chi connectivity index (χ1v) is 12.1. The first-order valence-electron chi connectivity index (χ1n) is 9.49. The molecule has 0 unspecified atom stereocenters. The lowest BCUT2D eigenvalue weighted by Gasteiger charge is -2.37. The number of amides is 1. The normalized spacial score (nSPS) is 21.4. The van der Waals surface area contributed by atoms with Crippen molar-refractivity contribution in [3.8, 4) is 0 Å². The van der Waals surface area contributed by atoms with E-state index in [0.717, 1.165) is 18.4 Å². The Morgan fingerprint density at radius 3 is 2.46 bits per heavy atom. The number of benzene rings is 1. The van der Waals surface area contributed by atoms with Gasteiger partial charge in [0.15, 0.2) is 0 Å². The second-order valence-corrected chi connectivity index (χ2v) is 10.5. The number of nitrogens with one attached hydrogen (secondary N) is 1. The van der Waals surface area contributed by atoms with Gasteiger partial charge in [0.2, 0.25) is 15.9 Å². The zero-order valence-electron chi connectivity index (χ0n) is 15.9. The molecule has 6 nitrogen and oxygen atoms in total. The number of hydrogen-bond acceptors (Lipinski definition) is 4. The molecule has 0 spiro atoms. The summed E-state index contributed by atoms with van der Waals surface area (Å²) in [5, 5.41) is 4.13. The number of halogens is 2. The number of sulfonamides is 1. The minimum absolute atomic E-state index is 0.0504. The summed E-state index contributed by atoms with van der Waals surface area (Å²) in [7, 11) is -3.15. The lowest BCUT2D eigenvalue weighted by Crippen LogP contribution is -2.50. The monoisotopic (exact) mass is 448 g/mol. The number of carbonyl (C=O) groups is 1. The maximum Gasteiger partial charge on any atom is 0.230 e. The molecule has 2 fully saturated rings. The first-order chi connectivity index (χ1) is 13.2. The molecule has 2 heterocycles. The van der Waals surface area contributed by atoms with E-state index < -0.39 is 15.4 Å². The molecule has 2 saturated heterocycles. The topological polar surface area (TPSA) is 75.7 Å². The van der Waals surface area contributed by atoms with Crippen molar-refractivity contribution in [2.24, 2.45) is 5.92 Å². The van der Waals surface area contributed by atoms with Crippen molar-refractivity contribution in [2.45, 2.75) is 31.1 Å². The quantitative estimate of drug-likeness (QED) is 0.750. The third kappa shape index (κ3) is 4.82. The molecular weight excluding hydrogens is 423 g/mol. The molecule has 0 aromatic heterocycles. The largest absolute Gasteiger partial charge is 0.381 e. The fourth-order valence-electron chi connectivity index (χ4n) is 4.07. The van der Waals surface area contributed by atoms with Gasteiger partial charge >= 0.3 is 0 Å². The maximum atomic E-state index is 13.3. The van der Waals surface area contributed by atoms with E-state index in [0.29, 0.717) is 55.7 Å². The summed E-state index contributed by atoms with van der Waals surface area (Å²) in [5.41, 5.74) is 0.0548. The van der Waals surface area contributed by atoms with Crippen molar-refractivity contribution in [2.75, 3.05) is 39.1 Å². The van der Waals surface area contributed by atoms with Crippen molar-refractivity contribution >= 4 is 39.1 Å². The molecule has 0 radical (unpaired) electrons. The van der Waals surface area contributed by atoms with Crippen molar-refractivity contribution < 1.29 is 17.9 Å². The Hall–Kier alpha value is -0.860. The average molecular weight is 449 g/mol. The third-order valence-electron chi connectivity index (χ3n) is 5.82. The molecule has 1 amide bonds. The summed E-state index contributed by atoms with van der Waals surface area (Å²) < 4.78 is 30.3. The van der Waals surface area contributed by atoms with E-state index in [2.05, 4.69) is 5.32 Å². The molecule has 2 aliphatic heterocycles. The second-order valence-electron chi connectivity index (χ2n) is 7.63. The van der Waals surface area contributed by atoms with Crippen LogP contribution in [0, 0.1) is 5.92 Å². The van der Waals surface area contributed by atoms with Gasteiger partial charge in [-0.2, -0.15) is 0 Å². The minimum atomic E-state index is -3.15. The molecule has 1 aromatic carbocycles. The molecule has 0 atom stereocenters. The van der Waals surface area contributed by atoms with Crippen molar-refractivity contribution in [1.29, 1.82) is 0 Å². The highest BCUT2D eigenvalue weighted by Crippen LogP contribution is 2.40. The van der Waals surface area contributed by atoms with Crippen LogP contribution in [-0.4, -0.2) is 57.7 Å². The molecule has 1 N–H and O–H groups in total. The Morgan fingerprint density at radius 1 is 1.25 bits per heavy atom. The highest BCUT2D eigenvalue weighted by Gasteiger charge is 2.43. The second kappa shape index (κ2) is 8.88. The van der Waals surface area contributed by atoms with E-state index in [9.17, 15) is 13.2 Å². The van der Waals surface area contributed by atoms with Gasteiger partial charge in [0, 0.05) is 42.9 Å². The molecule has 9 heteroatoms. The van der Waals surface area contributed by atoms with Gasteiger partial charge in [0.05, 0.1) is 11.7 Å². The van der Waals surface area contributed by atoms with Crippen LogP contribution in [0.25, 0.3) is 0 Å². The Kier molecular flexibility index (Phi) is 6.92. The molecule has 1 aromatic rings. The summed E-state index contributed by atoms with van der Waals surface area (Å²) in [6.45, 7) is 2.53. The zero-order valence-corrected chi connectivity index (χ0v) is 18.2. The van der Waals surface area contributed by atoms with Gasteiger partial charge in [-0.3, -0.25) is 4.79 Å². The summed E-state index contributed by atoms with van der Waals surface area (Å²) in [5.74, 6) is 0.213. The van der Waals surface area contributed by atoms with E-state index in [4.69, 9.17) is 27.9 Å². The highest BCUT2D eigenvalue weighted by atomic mass is 35.5. The van der Waals surface area contributed by atoms with Crippen LogP contribution in [0.15, 0.2) is 18.2 Å². The summed E-state index contributed by atoms with van der Waals surface area (Å²) in [6, 6.07) is 5.26. The number of nitrogens with zero attached hydrogens (tertiary/aromatic N) is 1. The van der Waals surface area contributed by atoms with Crippen LogP contribution in [0.4, 0.5) is 0 Å². The van der Waals surface area contributed by atoms with Crippen LogP contribution < -0.4 is 5.32 Å². The summed E-state index contributed by atoms with van der Waals surface area (Å²) >= 11 is 12.5. The van der Waals surface area contributed by atoms with Crippen molar-refractivity contribution in [3.05, 3.63) is 33.8 Å². The molecule has 0 saturated carbocycles. The standard InChI is InChI=1S/C19H26Cl2N2O4S/c1-28(25,26)23-8-4-14(5-9-23)13-22-18(24)19(6-10-27-11-7-19)16-3-2-15(20)12-17(16)21/h2-3,12,14H,4-11,13H2,1H3,(H,22,24). The lowest BCUT2D eigenvalue weighted by molar-refractivity contribution is -0.130. The highest BCUT2D eigenvalue weighted by molar-refractivity contribution is 7.88. The molecule has 2 aliphatic rings. The summed E-state index contributed by atoms with van der Waals surface area (Å²) in [4.78, 5) is 13.3. The van der Waals surface area contributed by atoms with Crippen molar-refractivity contribution in [3.63, 3.8) is 0 Å². The van der Waals surface area contributed by atoms with Gasteiger partial charge in [0.1, 0.15) is 0 Å². The van der Waals surface area contributed by atoms with E-state index in [-0.39, 0.29) is 11.8 Å². The van der Waals surface area contributed by atoms with E-state index in [1.54, 1.807) is 12.1 Å². The fraction of sp³-hybridized carbons (Fsp3) is 0.632. The molecule has 156 valence electrons. The smallest absolute Gasteiger partial charge is 0.230 e. The maximum absolute atomic E-state index is 13.3. The average Bonchev–Trinajstić information content (AvgIpc) is 2.66. The SMILES string of the molecule is CS(=O)(=O)N1CCC(CNC(=O)C2(c3ccc(Cl)cc3Cl)CCOCC2)CC1. The van der Waals surface area contributed by atoms with Gasteiger partial charge in [-0.05, 0) is 49.3 Å². The van der Waals surface area contributed by atoms with Crippen LogP contribution in [0.1, 0.15) is 31.2 Å². The van der Waals surface area contributed by atoms with Gasteiger partial charge in [-0.15, -0.1) is 0 Å². The predicted octanol–water partition coefficient (Wildman–Crippen LogP) is 2.83. The van der Waals surface area contributed by atoms with E-state index >= 15 is 0 Å². The van der Waals surface area contributed by atoms with Gasteiger partial charge in [0.25, 0.3) is 0 Å². The fourth-order valence-corrected chi connectivity index (χ4v) is 5.53. The van der Waals surface area contributed by atoms with Crippen molar-refractivity contribution in [1.82, 2.24) is 9.62 Å². The molecule has 0 aliphatic carbocycles. The number of piperidine rings is 1.